The summed E-state index contributed by atoms with van der Waals surface area (Å²) in [5.41, 5.74) is 9.41. The van der Waals surface area contributed by atoms with Gasteiger partial charge in [0.05, 0.1) is 5.69 Å². The standard InChI is InChI=1S/C23H20F2N6/c1-13(15-4-3-5-16(8-15)18-11-27-23(26)28-12-18)29-22-10-21(30-14(2)31-22)17-6-7-19(24)20(25)9-17/h3-13H,1-2H3,(H2,26,27,28)(H,29,30,31)/t13-/m0/s1. The fraction of sp³-hybridized carbons (Fsp3) is 0.130. The zero-order valence-corrected chi connectivity index (χ0v) is 17.0. The molecule has 4 rings (SSSR count). The molecule has 0 unspecified atom stereocenters. The Morgan fingerprint density at radius 3 is 2.39 bits per heavy atom. The van der Waals surface area contributed by atoms with E-state index in [9.17, 15) is 8.78 Å². The van der Waals surface area contributed by atoms with Gasteiger partial charge in [-0.05, 0) is 49.2 Å². The van der Waals surface area contributed by atoms with Crippen LogP contribution in [0.25, 0.3) is 22.4 Å². The first kappa shape index (κ1) is 20.3. The van der Waals surface area contributed by atoms with E-state index in [0.717, 1.165) is 28.8 Å². The highest BCUT2D eigenvalue weighted by atomic mass is 19.2. The minimum absolute atomic E-state index is 0.0817. The fourth-order valence-electron chi connectivity index (χ4n) is 3.22. The van der Waals surface area contributed by atoms with Crippen molar-refractivity contribution in [3.8, 4) is 22.4 Å². The lowest BCUT2D eigenvalue weighted by Crippen LogP contribution is -2.09. The highest BCUT2D eigenvalue weighted by molar-refractivity contribution is 5.64. The van der Waals surface area contributed by atoms with Crippen molar-refractivity contribution in [2.45, 2.75) is 19.9 Å². The van der Waals surface area contributed by atoms with Crippen molar-refractivity contribution in [1.29, 1.82) is 0 Å². The minimum Gasteiger partial charge on any atom is -0.368 e. The first-order chi connectivity index (χ1) is 14.9. The van der Waals surface area contributed by atoms with Gasteiger partial charge in [-0.3, -0.25) is 0 Å². The summed E-state index contributed by atoms with van der Waals surface area (Å²) in [7, 11) is 0. The van der Waals surface area contributed by atoms with Gasteiger partial charge in [-0.15, -0.1) is 0 Å². The summed E-state index contributed by atoms with van der Waals surface area (Å²) in [6.07, 6.45) is 3.36. The molecule has 0 saturated carbocycles. The number of aryl methyl sites for hydroxylation is 1. The molecule has 2 aromatic heterocycles. The highest BCUT2D eigenvalue weighted by Crippen LogP contribution is 2.26. The number of nitrogens with one attached hydrogen (secondary N) is 1. The van der Waals surface area contributed by atoms with Crippen LogP contribution in [0.1, 0.15) is 24.4 Å². The van der Waals surface area contributed by atoms with Gasteiger partial charge in [0.2, 0.25) is 5.95 Å². The number of nitrogens with two attached hydrogens (primary N) is 1. The van der Waals surface area contributed by atoms with Crippen molar-refractivity contribution in [2.75, 3.05) is 11.1 Å². The third-order valence-corrected chi connectivity index (χ3v) is 4.81. The van der Waals surface area contributed by atoms with Gasteiger partial charge in [-0.2, -0.15) is 0 Å². The third kappa shape index (κ3) is 4.63. The van der Waals surface area contributed by atoms with Gasteiger partial charge >= 0.3 is 0 Å². The molecule has 2 aromatic carbocycles. The monoisotopic (exact) mass is 418 g/mol. The Hall–Kier alpha value is -3.94. The maximum Gasteiger partial charge on any atom is 0.219 e. The predicted molar refractivity (Wildman–Crippen MR) is 116 cm³/mol. The Bertz CT molecular complexity index is 1230. The first-order valence-corrected chi connectivity index (χ1v) is 9.64. The van der Waals surface area contributed by atoms with E-state index in [4.69, 9.17) is 5.73 Å². The molecular weight excluding hydrogens is 398 g/mol. The van der Waals surface area contributed by atoms with Crippen molar-refractivity contribution in [1.82, 2.24) is 19.9 Å². The molecule has 0 aliphatic heterocycles. The van der Waals surface area contributed by atoms with Crippen molar-refractivity contribution in [3.05, 3.63) is 83.9 Å². The normalized spacial score (nSPS) is 11.9. The van der Waals surface area contributed by atoms with E-state index in [1.807, 2.05) is 31.2 Å². The van der Waals surface area contributed by atoms with Crippen molar-refractivity contribution in [2.24, 2.45) is 0 Å². The summed E-state index contributed by atoms with van der Waals surface area (Å²) < 4.78 is 26.9. The largest absolute Gasteiger partial charge is 0.368 e. The smallest absolute Gasteiger partial charge is 0.219 e. The summed E-state index contributed by atoms with van der Waals surface area (Å²) >= 11 is 0. The van der Waals surface area contributed by atoms with Crippen molar-refractivity contribution in [3.63, 3.8) is 0 Å². The van der Waals surface area contributed by atoms with Crippen LogP contribution in [0, 0.1) is 18.6 Å². The number of hydrogen-bond acceptors (Lipinski definition) is 6. The lowest BCUT2D eigenvalue weighted by atomic mass is 10.0. The second-order valence-corrected chi connectivity index (χ2v) is 7.14. The summed E-state index contributed by atoms with van der Waals surface area (Å²) in [5, 5.41) is 3.35. The average Bonchev–Trinajstić information content (AvgIpc) is 2.76. The molecule has 6 nitrogen and oxygen atoms in total. The van der Waals surface area contributed by atoms with Crippen LogP contribution < -0.4 is 11.1 Å². The topological polar surface area (TPSA) is 89.6 Å². The molecule has 0 saturated heterocycles. The molecule has 156 valence electrons. The minimum atomic E-state index is -0.917. The van der Waals surface area contributed by atoms with Crippen LogP contribution in [0.2, 0.25) is 0 Å². The molecule has 8 heteroatoms. The molecule has 3 N–H and O–H groups in total. The Labute approximate surface area is 178 Å². The Balaban J connectivity index is 1.59. The Kier molecular flexibility index (Phi) is 5.53. The number of aromatic nitrogens is 4. The van der Waals surface area contributed by atoms with E-state index in [0.29, 0.717) is 22.9 Å². The van der Waals surface area contributed by atoms with E-state index in [1.165, 1.54) is 6.07 Å². The highest BCUT2D eigenvalue weighted by Gasteiger charge is 2.12. The van der Waals surface area contributed by atoms with Gasteiger partial charge in [-0.25, -0.2) is 28.7 Å². The molecule has 0 aliphatic carbocycles. The van der Waals surface area contributed by atoms with Crippen LogP contribution in [0.4, 0.5) is 20.5 Å². The van der Waals surface area contributed by atoms with E-state index < -0.39 is 11.6 Å². The average molecular weight is 418 g/mol. The second kappa shape index (κ2) is 8.43. The van der Waals surface area contributed by atoms with Gasteiger partial charge in [-0.1, -0.05) is 18.2 Å². The zero-order valence-electron chi connectivity index (χ0n) is 17.0. The van der Waals surface area contributed by atoms with Gasteiger partial charge in [0.1, 0.15) is 11.6 Å². The number of hydrogen-bond donors (Lipinski definition) is 2. The molecule has 0 aliphatic rings. The van der Waals surface area contributed by atoms with Gasteiger partial charge in [0.25, 0.3) is 0 Å². The molecule has 0 amide bonds. The molecule has 4 aromatic rings. The lowest BCUT2D eigenvalue weighted by molar-refractivity contribution is 0.509. The van der Waals surface area contributed by atoms with Crippen molar-refractivity contribution >= 4 is 11.8 Å². The van der Waals surface area contributed by atoms with Crippen LogP contribution in [0.15, 0.2) is 60.9 Å². The van der Waals surface area contributed by atoms with Crippen LogP contribution >= 0.6 is 0 Å². The van der Waals surface area contributed by atoms with Crippen LogP contribution in [0.3, 0.4) is 0 Å². The summed E-state index contributed by atoms with van der Waals surface area (Å²) in [5.74, 6) is -0.482. The molecule has 1 atom stereocenters. The number of anilines is 2. The van der Waals surface area contributed by atoms with Crippen LogP contribution in [-0.2, 0) is 0 Å². The van der Waals surface area contributed by atoms with Gasteiger partial charge < -0.3 is 11.1 Å². The number of nitrogens with zero attached hydrogens (tertiary/aromatic N) is 4. The summed E-state index contributed by atoms with van der Waals surface area (Å²) in [6, 6.07) is 13.3. The number of benzene rings is 2. The molecule has 31 heavy (non-hydrogen) atoms. The van der Waals surface area contributed by atoms with E-state index in [2.05, 4.69) is 25.3 Å². The van der Waals surface area contributed by atoms with Gasteiger partial charge in [0.15, 0.2) is 11.6 Å². The van der Waals surface area contributed by atoms with Crippen LogP contribution in [-0.4, -0.2) is 19.9 Å². The summed E-state index contributed by atoms with van der Waals surface area (Å²) in [4.78, 5) is 16.9. The molecule has 0 spiro atoms. The number of halogens is 2. The lowest BCUT2D eigenvalue weighted by Gasteiger charge is -2.17. The molecular formula is C23H20F2N6. The van der Waals surface area contributed by atoms with Gasteiger partial charge in [0, 0.05) is 35.6 Å². The molecule has 0 radical (unpaired) electrons. The molecule has 0 bridgehead atoms. The van der Waals surface area contributed by atoms with Crippen LogP contribution in [0.5, 0.6) is 0 Å². The van der Waals surface area contributed by atoms with E-state index >= 15 is 0 Å². The maximum absolute atomic E-state index is 13.6. The molecule has 2 heterocycles. The zero-order chi connectivity index (χ0) is 22.0. The number of nitrogen functional groups attached to an aromatic ring is 1. The SMILES string of the molecule is Cc1nc(N[C@@H](C)c2cccc(-c3cnc(N)nc3)c2)cc(-c2ccc(F)c(F)c2)n1. The maximum atomic E-state index is 13.6. The van der Waals surface area contributed by atoms with E-state index in [1.54, 1.807) is 25.4 Å². The first-order valence-electron chi connectivity index (χ1n) is 9.64. The Morgan fingerprint density at radius 2 is 1.65 bits per heavy atom. The number of rotatable bonds is 5. The fourth-order valence-corrected chi connectivity index (χ4v) is 3.22. The second-order valence-electron chi connectivity index (χ2n) is 7.14. The Morgan fingerprint density at radius 1 is 0.871 bits per heavy atom. The summed E-state index contributed by atoms with van der Waals surface area (Å²) in [6.45, 7) is 3.76. The van der Waals surface area contributed by atoms with E-state index in [-0.39, 0.29) is 12.0 Å². The van der Waals surface area contributed by atoms with Crippen molar-refractivity contribution < 1.29 is 8.78 Å². The quantitative estimate of drug-likeness (QED) is 0.477. The molecule has 0 fully saturated rings. The predicted octanol–water partition coefficient (Wildman–Crippen LogP) is 4.94. The third-order valence-electron chi connectivity index (χ3n) is 4.81.